The lowest BCUT2D eigenvalue weighted by atomic mass is 10.0. The molecule has 3 amide bonds. The predicted octanol–water partition coefficient (Wildman–Crippen LogP) is -0.643. The summed E-state index contributed by atoms with van der Waals surface area (Å²) in [4.78, 5) is 33.6. The van der Waals surface area contributed by atoms with Crippen molar-refractivity contribution in [3.63, 3.8) is 0 Å². The summed E-state index contributed by atoms with van der Waals surface area (Å²) in [5.41, 5.74) is 4.89. The van der Waals surface area contributed by atoms with E-state index in [0.717, 1.165) is 0 Å². The van der Waals surface area contributed by atoms with E-state index >= 15 is 0 Å². The fraction of sp³-hybridized carbons (Fsp3) is 0.700. The molecule has 0 aromatic heterocycles. The van der Waals surface area contributed by atoms with Gasteiger partial charge in [0.25, 0.3) is 0 Å². The van der Waals surface area contributed by atoms with Gasteiger partial charge in [0.05, 0.1) is 7.11 Å². The Morgan fingerprint density at radius 2 is 1.65 bits per heavy atom. The molecule has 0 saturated heterocycles. The summed E-state index contributed by atoms with van der Waals surface area (Å²) in [6, 6.07) is -2.35. The number of amides is 3. The first-order chi connectivity index (χ1) is 7.79. The Morgan fingerprint density at radius 1 is 1.12 bits per heavy atom. The third-order valence-corrected chi connectivity index (χ3v) is 2.17. The minimum Gasteiger partial charge on any atom is -0.467 e. The molecule has 17 heavy (non-hydrogen) atoms. The summed E-state index contributed by atoms with van der Waals surface area (Å²) >= 11 is 0. The van der Waals surface area contributed by atoms with Crippen LogP contribution in [0.25, 0.3) is 0 Å². The van der Waals surface area contributed by atoms with Crippen molar-refractivity contribution in [2.75, 3.05) is 7.11 Å². The molecule has 0 spiro atoms. The molecule has 0 aromatic carbocycles. The van der Waals surface area contributed by atoms with E-state index in [9.17, 15) is 14.4 Å². The molecular weight excluding hydrogens is 226 g/mol. The highest BCUT2D eigenvalue weighted by Crippen LogP contribution is 2.03. The number of carbonyl (C=O) groups is 3. The third-order valence-electron chi connectivity index (χ3n) is 2.17. The predicted molar refractivity (Wildman–Crippen MR) is 61.0 cm³/mol. The number of methoxy groups -OCH3 is 1. The van der Waals surface area contributed by atoms with Crippen LogP contribution in [0.2, 0.25) is 0 Å². The quantitative estimate of drug-likeness (QED) is 0.559. The van der Waals surface area contributed by atoms with E-state index in [1.54, 1.807) is 13.8 Å². The van der Waals surface area contributed by atoms with Crippen molar-refractivity contribution in [3.8, 4) is 0 Å². The Bertz CT molecular complexity index is 304. The molecule has 0 heterocycles. The topological polar surface area (TPSA) is 111 Å². The second-order valence-corrected chi connectivity index (χ2v) is 3.98. The van der Waals surface area contributed by atoms with Crippen LogP contribution in [0.1, 0.15) is 20.8 Å². The van der Waals surface area contributed by atoms with Gasteiger partial charge >= 0.3 is 12.0 Å². The van der Waals surface area contributed by atoms with Crippen molar-refractivity contribution < 1.29 is 19.1 Å². The SMILES string of the molecule is COC(=O)C(NC(=O)C(C)NC(N)=O)C(C)C. The van der Waals surface area contributed by atoms with Gasteiger partial charge in [-0.15, -0.1) is 0 Å². The summed E-state index contributed by atoms with van der Waals surface area (Å²) in [5.74, 6) is -1.14. The molecule has 7 heteroatoms. The van der Waals surface area contributed by atoms with Crippen LogP contribution >= 0.6 is 0 Å². The molecule has 7 nitrogen and oxygen atoms in total. The second-order valence-electron chi connectivity index (χ2n) is 3.98. The van der Waals surface area contributed by atoms with E-state index < -0.39 is 30.0 Å². The molecule has 2 atom stereocenters. The molecule has 0 radical (unpaired) electrons. The first kappa shape index (κ1) is 15.2. The molecule has 0 bridgehead atoms. The highest BCUT2D eigenvalue weighted by Gasteiger charge is 2.27. The van der Waals surface area contributed by atoms with Gasteiger partial charge in [-0.3, -0.25) is 4.79 Å². The monoisotopic (exact) mass is 245 g/mol. The van der Waals surface area contributed by atoms with Crippen LogP contribution in [0.15, 0.2) is 0 Å². The van der Waals surface area contributed by atoms with E-state index in [2.05, 4.69) is 15.4 Å². The minimum atomic E-state index is -0.807. The van der Waals surface area contributed by atoms with Gasteiger partial charge in [-0.25, -0.2) is 9.59 Å². The molecule has 0 rings (SSSR count). The standard InChI is InChI=1S/C10H19N3O4/c1-5(2)7(9(15)17-4)13-8(14)6(3)12-10(11)16/h5-7H,1-4H3,(H,13,14)(H3,11,12,16). The van der Waals surface area contributed by atoms with Gasteiger partial charge in [0.2, 0.25) is 5.91 Å². The van der Waals surface area contributed by atoms with Gasteiger partial charge in [0, 0.05) is 0 Å². The summed E-state index contributed by atoms with van der Waals surface area (Å²) in [7, 11) is 1.24. The number of hydrogen-bond acceptors (Lipinski definition) is 4. The zero-order valence-corrected chi connectivity index (χ0v) is 10.4. The molecule has 4 N–H and O–H groups in total. The highest BCUT2D eigenvalue weighted by molar-refractivity contribution is 5.89. The van der Waals surface area contributed by atoms with Gasteiger partial charge in [-0.1, -0.05) is 13.8 Å². The minimum absolute atomic E-state index is 0.118. The lowest BCUT2D eigenvalue weighted by Gasteiger charge is -2.22. The number of ether oxygens (including phenoxy) is 1. The second kappa shape index (κ2) is 6.72. The fourth-order valence-electron chi connectivity index (χ4n) is 1.18. The van der Waals surface area contributed by atoms with Gasteiger partial charge in [0.1, 0.15) is 12.1 Å². The fourth-order valence-corrected chi connectivity index (χ4v) is 1.18. The molecule has 0 fully saturated rings. The maximum atomic E-state index is 11.6. The number of nitrogens with one attached hydrogen (secondary N) is 2. The van der Waals surface area contributed by atoms with Crippen LogP contribution in [0.4, 0.5) is 4.79 Å². The number of rotatable bonds is 5. The first-order valence-electron chi connectivity index (χ1n) is 5.23. The van der Waals surface area contributed by atoms with Crippen molar-refractivity contribution in [2.24, 2.45) is 11.7 Å². The number of primary amides is 1. The van der Waals surface area contributed by atoms with E-state index in [1.807, 2.05) is 0 Å². The Balaban J connectivity index is 4.50. The highest BCUT2D eigenvalue weighted by atomic mass is 16.5. The zero-order chi connectivity index (χ0) is 13.6. The van der Waals surface area contributed by atoms with E-state index in [-0.39, 0.29) is 5.92 Å². The van der Waals surface area contributed by atoms with Crippen molar-refractivity contribution >= 4 is 17.9 Å². The lowest BCUT2D eigenvalue weighted by molar-refractivity contribution is -0.146. The summed E-state index contributed by atoms with van der Waals surface area (Å²) in [6.07, 6.45) is 0. The van der Waals surface area contributed by atoms with Crippen LogP contribution < -0.4 is 16.4 Å². The van der Waals surface area contributed by atoms with Crippen LogP contribution in [0.5, 0.6) is 0 Å². The lowest BCUT2D eigenvalue weighted by Crippen LogP contribution is -2.53. The molecule has 0 aromatic rings. The van der Waals surface area contributed by atoms with E-state index in [0.29, 0.717) is 0 Å². The maximum absolute atomic E-state index is 11.6. The van der Waals surface area contributed by atoms with Gasteiger partial charge in [-0.05, 0) is 12.8 Å². The van der Waals surface area contributed by atoms with Gasteiger partial charge < -0.3 is 21.1 Å². The van der Waals surface area contributed by atoms with E-state index in [4.69, 9.17) is 5.73 Å². The van der Waals surface area contributed by atoms with Crippen molar-refractivity contribution in [1.29, 1.82) is 0 Å². The zero-order valence-electron chi connectivity index (χ0n) is 10.4. The summed E-state index contributed by atoms with van der Waals surface area (Å²) < 4.78 is 4.57. The Hall–Kier alpha value is -1.79. The van der Waals surface area contributed by atoms with Crippen molar-refractivity contribution in [2.45, 2.75) is 32.9 Å². The Kier molecular flexibility index (Phi) is 6.01. The van der Waals surface area contributed by atoms with Crippen LogP contribution in [-0.2, 0) is 14.3 Å². The van der Waals surface area contributed by atoms with E-state index in [1.165, 1.54) is 14.0 Å². The molecule has 0 aliphatic heterocycles. The van der Waals surface area contributed by atoms with Crippen molar-refractivity contribution in [1.82, 2.24) is 10.6 Å². The van der Waals surface area contributed by atoms with Gasteiger partial charge in [0.15, 0.2) is 0 Å². The number of hydrogen-bond donors (Lipinski definition) is 3. The Labute approximate surface area is 100 Å². The molecule has 0 aliphatic carbocycles. The van der Waals surface area contributed by atoms with Gasteiger partial charge in [-0.2, -0.15) is 0 Å². The largest absolute Gasteiger partial charge is 0.467 e. The molecule has 2 unspecified atom stereocenters. The third kappa shape index (κ3) is 5.19. The van der Waals surface area contributed by atoms with Crippen molar-refractivity contribution in [3.05, 3.63) is 0 Å². The number of nitrogens with two attached hydrogens (primary N) is 1. The van der Waals surface area contributed by atoms with Crippen LogP contribution in [-0.4, -0.2) is 37.1 Å². The number of carbonyl (C=O) groups excluding carboxylic acids is 3. The average molecular weight is 245 g/mol. The normalized spacial score (nSPS) is 13.7. The maximum Gasteiger partial charge on any atom is 0.328 e. The molecule has 98 valence electrons. The first-order valence-corrected chi connectivity index (χ1v) is 5.23. The molecule has 0 aliphatic rings. The smallest absolute Gasteiger partial charge is 0.328 e. The average Bonchev–Trinajstić information content (AvgIpc) is 2.22. The number of esters is 1. The Morgan fingerprint density at radius 3 is 2.00 bits per heavy atom. The molecule has 0 saturated carbocycles. The van der Waals surface area contributed by atoms with Crippen LogP contribution in [0, 0.1) is 5.92 Å². The number of urea groups is 1. The summed E-state index contributed by atoms with van der Waals surface area (Å²) in [6.45, 7) is 5.01. The molecular formula is C10H19N3O4. The van der Waals surface area contributed by atoms with Crippen LogP contribution in [0.3, 0.4) is 0 Å². The summed E-state index contributed by atoms with van der Waals surface area (Å²) in [5, 5.41) is 4.71.